The smallest absolute Gasteiger partial charge is 0.295 e. The molecule has 2 aromatic carbocycles. The predicted molar refractivity (Wildman–Crippen MR) is 110 cm³/mol. The molecule has 8 heteroatoms. The first-order valence-electron chi connectivity index (χ1n) is 9.44. The van der Waals surface area contributed by atoms with Crippen LogP contribution >= 0.6 is 0 Å². The van der Waals surface area contributed by atoms with Gasteiger partial charge in [-0.05, 0) is 19.4 Å². The summed E-state index contributed by atoms with van der Waals surface area (Å²) in [6.07, 6.45) is 0.436. The van der Waals surface area contributed by atoms with Crippen molar-refractivity contribution < 1.29 is 24.4 Å². The van der Waals surface area contributed by atoms with Crippen LogP contribution in [0.2, 0.25) is 0 Å². The van der Waals surface area contributed by atoms with E-state index in [0.29, 0.717) is 18.6 Å². The standard InChI is InChI=1S/C22H22N2O6/c1-14-8-10-15(11-9-14)20(25)18-19(16-6-3-4-7-17(16)24(28)29)23(12-5-13-30-2)22(27)21(18)26/h3-4,6-11,19,25H,5,12-13H2,1-2H3/t19-/m0/s1. The van der Waals surface area contributed by atoms with Crippen LogP contribution in [0.25, 0.3) is 5.76 Å². The highest BCUT2D eigenvalue weighted by atomic mass is 16.6. The lowest BCUT2D eigenvalue weighted by Crippen LogP contribution is -2.31. The Bertz CT molecular complexity index is 1010. The summed E-state index contributed by atoms with van der Waals surface area (Å²) in [5, 5.41) is 22.5. The second-order valence-corrected chi connectivity index (χ2v) is 7.02. The SMILES string of the molecule is COCCCN1C(=O)C(=O)C(=C(O)c2ccc(C)cc2)[C@@H]1c1ccccc1[N+](=O)[O-]. The number of carbonyl (C=O) groups excluding carboxylic acids is 2. The zero-order chi connectivity index (χ0) is 21.8. The number of aliphatic hydroxyl groups excluding tert-OH is 1. The molecule has 1 N–H and O–H groups in total. The molecule has 0 aromatic heterocycles. The van der Waals surface area contributed by atoms with Crippen LogP contribution in [0.4, 0.5) is 5.69 Å². The fraction of sp³-hybridized carbons (Fsp3) is 0.273. The number of ether oxygens (including phenoxy) is 1. The quantitative estimate of drug-likeness (QED) is 0.187. The average molecular weight is 410 g/mol. The third-order valence-corrected chi connectivity index (χ3v) is 5.04. The van der Waals surface area contributed by atoms with E-state index in [1.165, 1.54) is 30.2 Å². The maximum Gasteiger partial charge on any atom is 0.295 e. The summed E-state index contributed by atoms with van der Waals surface area (Å²) in [4.78, 5) is 38.0. The highest BCUT2D eigenvalue weighted by Crippen LogP contribution is 2.42. The first kappa shape index (κ1) is 21.2. The van der Waals surface area contributed by atoms with Crippen molar-refractivity contribution in [3.05, 3.63) is 80.9 Å². The molecule has 1 atom stereocenters. The molecule has 0 unspecified atom stereocenters. The molecule has 1 aliphatic rings. The maximum absolute atomic E-state index is 12.9. The molecule has 30 heavy (non-hydrogen) atoms. The molecule has 0 aliphatic carbocycles. The number of hydrogen-bond acceptors (Lipinski definition) is 6. The monoisotopic (exact) mass is 410 g/mol. The topological polar surface area (TPSA) is 110 Å². The molecule has 156 valence electrons. The van der Waals surface area contributed by atoms with E-state index in [4.69, 9.17) is 4.74 Å². The number of amides is 1. The molecule has 1 fully saturated rings. The number of ketones is 1. The zero-order valence-electron chi connectivity index (χ0n) is 16.7. The Balaban J connectivity index is 2.20. The van der Waals surface area contributed by atoms with Gasteiger partial charge in [0.15, 0.2) is 0 Å². The van der Waals surface area contributed by atoms with Gasteiger partial charge in [0.1, 0.15) is 5.76 Å². The van der Waals surface area contributed by atoms with Crippen molar-refractivity contribution in [1.29, 1.82) is 0 Å². The van der Waals surface area contributed by atoms with Gasteiger partial charge in [0.25, 0.3) is 17.4 Å². The molecule has 0 radical (unpaired) electrons. The van der Waals surface area contributed by atoms with Gasteiger partial charge in [-0.2, -0.15) is 0 Å². The van der Waals surface area contributed by atoms with E-state index < -0.39 is 22.7 Å². The number of methoxy groups -OCH3 is 1. The van der Waals surface area contributed by atoms with Crippen LogP contribution in [0.1, 0.15) is 29.2 Å². The number of hydrogen-bond donors (Lipinski definition) is 1. The molecule has 3 rings (SSSR count). The zero-order valence-corrected chi connectivity index (χ0v) is 16.7. The lowest BCUT2D eigenvalue weighted by Gasteiger charge is -2.25. The van der Waals surface area contributed by atoms with Crippen molar-refractivity contribution in [2.75, 3.05) is 20.3 Å². The number of carbonyl (C=O) groups is 2. The number of benzene rings is 2. The average Bonchev–Trinajstić information content (AvgIpc) is 2.99. The molecule has 0 saturated carbocycles. The van der Waals surface area contributed by atoms with Crippen LogP contribution in [0, 0.1) is 17.0 Å². The number of nitrogens with zero attached hydrogens (tertiary/aromatic N) is 2. The largest absolute Gasteiger partial charge is 0.507 e. The highest BCUT2D eigenvalue weighted by molar-refractivity contribution is 6.46. The summed E-state index contributed by atoms with van der Waals surface area (Å²) in [6, 6.07) is 11.7. The number of likely N-dealkylation sites (tertiary alicyclic amines) is 1. The Morgan fingerprint density at radius 2 is 1.83 bits per heavy atom. The number of nitro benzene ring substituents is 1. The third-order valence-electron chi connectivity index (χ3n) is 5.04. The Kier molecular flexibility index (Phi) is 6.27. The third kappa shape index (κ3) is 3.95. The van der Waals surface area contributed by atoms with Crippen molar-refractivity contribution in [1.82, 2.24) is 4.90 Å². The summed E-state index contributed by atoms with van der Waals surface area (Å²) < 4.78 is 5.03. The summed E-state index contributed by atoms with van der Waals surface area (Å²) in [7, 11) is 1.52. The van der Waals surface area contributed by atoms with Crippen molar-refractivity contribution in [3.63, 3.8) is 0 Å². The first-order chi connectivity index (χ1) is 14.4. The summed E-state index contributed by atoms with van der Waals surface area (Å²) in [5.74, 6) is -2.03. The van der Waals surface area contributed by atoms with Crippen LogP contribution in [-0.2, 0) is 14.3 Å². The number of nitro groups is 1. The van der Waals surface area contributed by atoms with Crippen LogP contribution in [0.3, 0.4) is 0 Å². The van der Waals surface area contributed by atoms with E-state index in [1.54, 1.807) is 30.3 Å². The van der Waals surface area contributed by atoms with Crippen molar-refractivity contribution in [2.45, 2.75) is 19.4 Å². The predicted octanol–water partition coefficient (Wildman–Crippen LogP) is 3.36. The minimum absolute atomic E-state index is 0.153. The van der Waals surface area contributed by atoms with E-state index in [-0.39, 0.29) is 29.1 Å². The second kappa shape index (κ2) is 8.87. The first-order valence-corrected chi connectivity index (χ1v) is 9.44. The second-order valence-electron chi connectivity index (χ2n) is 7.02. The van der Waals surface area contributed by atoms with Crippen LogP contribution < -0.4 is 0 Å². The number of rotatable bonds is 7. The van der Waals surface area contributed by atoms with Crippen molar-refractivity contribution >= 4 is 23.1 Å². The number of Topliss-reactive ketones (excluding diaryl/α,β-unsaturated/α-hetero) is 1. The Labute approximate surface area is 173 Å². The number of aliphatic hydroxyl groups is 1. The summed E-state index contributed by atoms with van der Waals surface area (Å²) >= 11 is 0. The number of aryl methyl sites for hydroxylation is 1. The van der Waals surface area contributed by atoms with Gasteiger partial charge in [-0.15, -0.1) is 0 Å². The maximum atomic E-state index is 12.9. The van der Waals surface area contributed by atoms with Crippen molar-refractivity contribution in [2.24, 2.45) is 0 Å². The minimum atomic E-state index is -1.07. The van der Waals surface area contributed by atoms with Crippen molar-refractivity contribution in [3.8, 4) is 0 Å². The lowest BCUT2D eigenvalue weighted by atomic mass is 9.94. The van der Waals surface area contributed by atoms with Gasteiger partial charge in [-0.1, -0.05) is 42.0 Å². The van der Waals surface area contributed by atoms with E-state index in [1.807, 2.05) is 6.92 Å². The lowest BCUT2D eigenvalue weighted by molar-refractivity contribution is -0.385. The van der Waals surface area contributed by atoms with Gasteiger partial charge in [0, 0.05) is 31.9 Å². The van der Waals surface area contributed by atoms with E-state index in [9.17, 15) is 24.8 Å². The van der Waals surface area contributed by atoms with Crippen LogP contribution in [-0.4, -0.2) is 46.9 Å². The molecular weight excluding hydrogens is 388 g/mol. The van der Waals surface area contributed by atoms with Gasteiger partial charge in [-0.25, -0.2) is 0 Å². The molecule has 2 aromatic rings. The fourth-order valence-electron chi connectivity index (χ4n) is 3.57. The van der Waals surface area contributed by atoms with Gasteiger partial charge in [-0.3, -0.25) is 19.7 Å². The molecule has 8 nitrogen and oxygen atoms in total. The summed E-state index contributed by atoms with van der Waals surface area (Å²) in [6.45, 7) is 2.39. The normalized spacial score (nSPS) is 18.1. The molecule has 1 amide bonds. The highest BCUT2D eigenvalue weighted by Gasteiger charge is 2.47. The molecule has 0 spiro atoms. The summed E-state index contributed by atoms with van der Waals surface area (Å²) in [5.41, 5.74) is 1.11. The van der Waals surface area contributed by atoms with E-state index in [2.05, 4.69) is 0 Å². The minimum Gasteiger partial charge on any atom is -0.507 e. The fourth-order valence-corrected chi connectivity index (χ4v) is 3.57. The number of para-hydroxylation sites is 1. The molecule has 0 bridgehead atoms. The van der Waals surface area contributed by atoms with Gasteiger partial charge >= 0.3 is 0 Å². The van der Waals surface area contributed by atoms with Gasteiger partial charge in [0.05, 0.1) is 22.1 Å². The van der Waals surface area contributed by atoms with E-state index in [0.717, 1.165) is 5.56 Å². The molecule has 1 aliphatic heterocycles. The van der Waals surface area contributed by atoms with Gasteiger partial charge < -0.3 is 14.7 Å². The van der Waals surface area contributed by atoms with E-state index >= 15 is 0 Å². The Hall–Kier alpha value is -3.52. The Morgan fingerprint density at radius 3 is 2.47 bits per heavy atom. The van der Waals surface area contributed by atoms with Crippen LogP contribution in [0.15, 0.2) is 54.1 Å². The van der Waals surface area contributed by atoms with Gasteiger partial charge in [0.2, 0.25) is 0 Å². The molecular formula is C22H22N2O6. The Morgan fingerprint density at radius 1 is 1.17 bits per heavy atom. The van der Waals surface area contributed by atoms with Crippen LogP contribution in [0.5, 0.6) is 0 Å². The molecule has 1 saturated heterocycles. The molecule has 1 heterocycles.